The van der Waals surface area contributed by atoms with Gasteiger partial charge in [0.25, 0.3) is 0 Å². The minimum Gasteiger partial charge on any atom is -0.374 e. The lowest BCUT2D eigenvalue weighted by Gasteiger charge is -2.32. The molecule has 19 heavy (non-hydrogen) atoms. The van der Waals surface area contributed by atoms with Crippen molar-refractivity contribution in [2.45, 2.75) is 33.4 Å². The highest BCUT2D eigenvalue weighted by atomic mass is 16.5. The molecule has 0 amide bonds. The van der Waals surface area contributed by atoms with E-state index in [0.29, 0.717) is 6.10 Å². The van der Waals surface area contributed by atoms with E-state index >= 15 is 0 Å². The van der Waals surface area contributed by atoms with Crippen molar-refractivity contribution in [3.05, 3.63) is 34.9 Å². The highest BCUT2D eigenvalue weighted by molar-refractivity contribution is 5.28. The molecule has 1 fully saturated rings. The second kappa shape index (κ2) is 7.04. The molecule has 0 saturated carbocycles. The molecule has 1 aliphatic rings. The van der Waals surface area contributed by atoms with E-state index in [4.69, 9.17) is 4.74 Å². The van der Waals surface area contributed by atoms with Crippen LogP contribution in [0.15, 0.2) is 18.2 Å². The van der Waals surface area contributed by atoms with Crippen molar-refractivity contribution in [2.75, 3.05) is 32.8 Å². The van der Waals surface area contributed by atoms with Crippen molar-refractivity contribution in [1.29, 1.82) is 0 Å². The van der Waals surface area contributed by atoms with E-state index in [2.05, 4.69) is 49.2 Å². The standard InChI is InChI=1S/C16H26N2O/c1-4-18-5-6-19-16(12-18)11-17-10-15-8-13(2)7-14(3)9-15/h7-9,16-17H,4-6,10-12H2,1-3H3. The molecule has 1 aromatic carbocycles. The monoisotopic (exact) mass is 262 g/mol. The first-order valence-electron chi connectivity index (χ1n) is 7.29. The molecule has 1 aliphatic heterocycles. The largest absolute Gasteiger partial charge is 0.374 e. The van der Waals surface area contributed by atoms with Gasteiger partial charge in [-0.1, -0.05) is 36.2 Å². The van der Waals surface area contributed by atoms with Crippen LogP contribution in [0.2, 0.25) is 0 Å². The van der Waals surface area contributed by atoms with Crippen molar-refractivity contribution in [2.24, 2.45) is 0 Å². The molecule has 1 saturated heterocycles. The summed E-state index contributed by atoms with van der Waals surface area (Å²) in [6.45, 7) is 12.5. The first-order valence-corrected chi connectivity index (χ1v) is 7.29. The van der Waals surface area contributed by atoms with Crippen LogP contribution < -0.4 is 5.32 Å². The molecule has 2 rings (SSSR count). The number of nitrogens with one attached hydrogen (secondary N) is 1. The SMILES string of the molecule is CCN1CCOC(CNCc2cc(C)cc(C)c2)C1. The van der Waals surface area contributed by atoms with Crippen LogP contribution in [0.4, 0.5) is 0 Å². The van der Waals surface area contributed by atoms with Gasteiger partial charge in [-0.15, -0.1) is 0 Å². The summed E-state index contributed by atoms with van der Waals surface area (Å²) in [5.74, 6) is 0. The number of hydrogen-bond acceptors (Lipinski definition) is 3. The quantitative estimate of drug-likeness (QED) is 0.879. The lowest BCUT2D eigenvalue weighted by atomic mass is 10.1. The van der Waals surface area contributed by atoms with Gasteiger partial charge in [0.15, 0.2) is 0 Å². The van der Waals surface area contributed by atoms with Gasteiger partial charge < -0.3 is 10.1 Å². The van der Waals surface area contributed by atoms with Crippen LogP contribution in [-0.4, -0.2) is 43.8 Å². The Hall–Kier alpha value is -0.900. The molecular weight excluding hydrogens is 236 g/mol. The molecule has 0 radical (unpaired) electrons. The number of ether oxygens (including phenoxy) is 1. The fourth-order valence-corrected chi connectivity index (χ4v) is 2.74. The number of morpholine rings is 1. The predicted molar refractivity (Wildman–Crippen MR) is 79.5 cm³/mol. The molecule has 1 heterocycles. The van der Waals surface area contributed by atoms with Crippen molar-refractivity contribution < 1.29 is 4.74 Å². The van der Waals surface area contributed by atoms with Crippen molar-refractivity contribution in [3.63, 3.8) is 0 Å². The van der Waals surface area contributed by atoms with Gasteiger partial charge in [0.05, 0.1) is 12.7 Å². The fraction of sp³-hybridized carbons (Fsp3) is 0.625. The van der Waals surface area contributed by atoms with Crippen molar-refractivity contribution in [3.8, 4) is 0 Å². The van der Waals surface area contributed by atoms with Crippen LogP contribution in [0, 0.1) is 13.8 Å². The van der Waals surface area contributed by atoms with Gasteiger partial charge in [-0.2, -0.15) is 0 Å². The second-order valence-electron chi connectivity index (χ2n) is 5.51. The number of aryl methyl sites for hydroxylation is 2. The zero-order valence-electron chi connectivity index (χ0n) is 12.4. The predicted octanol–water partition coefficient (Wildman–Crippen LogP) is 2.11. The molecule has 3 nitrogen and oxygen atoms in total. The van der Waals surface area contributed by atoms with E-state index in [0.717, 1.165) is 39.3 Å². The van der Waals surface area contributed by atoms with Gasteiger partial charge in [0, 0.05) is 26.2 Å². The molecule has 1 aromatic rings. The third-order valence-corrected chi connectivity index (χ3v) is 3.65. The maximum atomic E-state index is 5.79. The van der Waals surface area contributed by atoms with Gasteiger partial charge in [0.2, 0.25) is 0 Å². The van der Waals surface area contributed by atoms with E-state index in [1.54, 1.807) is 0 Å². The molecule has 0 aromatic heterocycles. The van der Waals surface area contributed by atoms with Crippen LogP contribution >= 0.6 is 0 Å². The maximum Gasteiger partial charge on any atom is 0.0826 e. The summed E-state index contributed by atoms with van der Waals surface area (Å²) < 4.78 is 5.79. The summed E-state index contributed by atoms with van der Waals surface area (Å²) in [5.41, 5.74) is 4.03. The fourth-order valence-electron chi connectivity index (χ4n) is 2.74. The van der Waals surface area contributed by atoms with Crippen LogP contribution in [0.1, 0.15) is 23.6 Å². The summed E-state index contributed by atoms with van der Waals surface area (Å²) in [6.07, 6.45) is 0.333. The third kappa shape index (κ3) is 4.60. The molecule has 3 heteroatoms. The minimum atomic E-state index is 0.333. The van der Waals surface area contributed by atoms with Crippen LogP contribution in [0.3, 0.4) is 0 Å². The van der Waals surface area contributed by atoms with E-state index < -0.39 is 0 Å². The number of rotatable bonds is 5. The molecule has 1 unspecified atom stereocenters. The Labute approximate surface area is 116 Å². The van der Waals surface area contributed by atoms with Gasteiger partial charge in [-0.3, -0.25) is 4.90 Å². The summed E-state index contributed by atoms with van der Waals surface area (Å²) in [7, 11) is 0. The van der Waals surface area contributed by atoms with Crippen LogP contribution in [0.25, 0.3) is 0 Å². The lowest BCUT2D eigenvalue weighted by Crippen LogP contribution is -2.46. The summed E-state index contributed by atoms with van der Waals surface area (Å²) in [6, 6.07) is 6.72. The molecular formula is C16H26N2O. The average molecular weight is 262 g/mol. The highest BCUT2D eigenvalue weighted by Gasteiger charge is 2.18. The molecule has 106 valence electrons. The number of hydrogen-bond donors (Lipinski definition) is 1. The number of likely N-dealkylation sites (N-methyl/N-ethyl adjacent to an activating group) is 1. The number of nitrogens with zero attached hydrogens (tertiary/aromatic N) is 1. The Morgan fingerprint density at radius 3 is 2.68 bits per heavy atom. The molecule has 1 N–H and O–H groups in total. The van der Waals surface area contributed by atoms with Crippen molar-refractivity contribution in [1.82, 2.24) is 10.2 Å². The minimum absolute atomic E-state index is 0.333. The van der Waals surface area contributed by atoms with E-state index in [1.807, 2.05) is 0 Å². The smallest absolute Gasteiger partial charge is 0.0826 e. The van der Waals surface area contributed by atoms with Crippen LogP contribution in [-0.2, 0) is 11.3 Å². The molecule has 0 bridgehead atoms. The summed E-state index contributed by atoms with van der Waals surface area (Å²) in [4.78, 5) is 2.45. The Morgan fingerprint density at radius 2 is 2.00 bits per heavy atom. The first-order chi connectivity index (χ1) is 9.17. The Bertz CT molecular complexity index is 385. The Kier molecular flexibility index (Phi) is 5.37. The maximum absolute atomic E-state index is 5.79. The van der Waals surface area contributed by atoms with Crippen LogP contribution in [0.5, 0.6) is 0 Å². The summed E-state index contributed by atoms with van der Waals surface area (Å²) in [5, 5.41) is 3.52. The average Bonchev–Trinajstić information content (AvgIpc) is 2.38. The van der Waals surface area contributed by atoms with E-state index in [1.165, 1.54) is 16.7 Å². The van der Waals surface area contributed by atoms with Gasteiger partial charge in [-0.25, -0.2) is 0 Å². The van der Waals surface area contributed by atoms with Gasteiger partial charge >= 0.3 is 0 Å². The molecule has 0 spiro atoms. The highest BCUT2D eigenvalue weighted by Crippen LogP contribution is 2.09. The lowest BCUT2D eigenvalue weighted by molar-refractivity contribution is -0.0253. The third-order valence-electron chi connectivity index (χ3n) is 3.65. The van der Waals surface area contributed by atoms with Gasteiger partial charge in [-0.05, 0) is 26.0 Å². The Morgan fingerprint density at radius 1 is 1.26 bits per heavy atom. The summed E-state index contributed by atoms with van der Waals surface area (Å²) >= 11 is 0. The molecule has 1 atom stereocenters. The first kappa shape index (κ1) is 14.5. The zero-order valence-corrected chi connectivity index (χ0v) is 12.4. The second-order valence-corrected chi connectivity index (χ2v) is 5.51. The molecule has 0 aliphatic carbocycles. The van der Waals surface area contributed by atoms with E-state index in [9.17, 15) is 0 Å². The number of benzene rings is 1. The zero-order chi connectivity index (χ0) is 13.7. The van der Waals surface area contributed by atoms with E-state index in [-0.39, 0.29) is 0 Å². The van der Waals surface area contributed by atoms with Gasteiger partial charge in [0.1, 0.15) is 0 Å². The topological polar surface area (TPSA) is 24.5 Å². The van der Waals surface area contributed by atoms with Crippen molar-refractivity contribution >= 4 is 0 Å². The Balaban J connectivity index is 1.76. The normalized spacial score (nSPS) is 20.7.